The maximum atomic E-state index is 12.4. The minimum absolute atomic E-state index is 0.0661. The molecule has 0 aromatic carbocycles. The lowest BCUT2D eigenvalue weighted by Gasteiger charge is -2.34. The number of carboxylic acid groups (broad SMARTS) is 1. The molecule has 2 aromatic rings. The number of anilines is 1. The minimum atomic E-state index is -0.859. The van der Waals surface area contributed by atoms with Crippen molar-refractivity contribution in [1.82, 2.24) is 20.1 Å². The van der Waals surface area contributed by atoms with Crippen molar-refractivity contribution in [2.45, 2.75) is 13.3 Å². The van der Waals surface area contributed by atoms with Gasteiger partial charge >= 0.3 is 12.0 Å². The standard InChI is InChI=1S/C14H17N5O3S/c1-8-2-4-19(7-9(8)13(20)21)14(22)17-10-6-16-18-11(10)12-15-3-5-23-12/h3,5-6,8-9H,2,4,7H2,1H3,(H,16,18)(H,17,22)(H,20,21). The van der Waals surface area contributed by atoms with Gasteiger partial charge < -0.3 is 15.3 Å². The lowest BCUT2D eigenvalue weighted by Crippen LogP contribution is -2.47. The molecule has 2 unspecified atom stereocenters. The number of carbonyl (C=O) groups is 2. The van der Waals surface area contributed by atoms with E-state index in [0.29, 0.717) is 24.3 Å². The van der Waals surface area contributed by atoms with Crippen LogP contribution >= 0.6 is 11.3 Å². The lowest BCUT2D eigenvalue weighted by molar-refractivity contribution is -0.145. The lowest BCUT2D eigenvalue weighted by atomic mass is 9.87. The fourth-order valence-electron chi connectivity index (χ4n) is 2.66. The summed E-state index contributed by atoms with van der Waals surface area (Å²) < 4.78 is 0. The first-order valence-electron chi connectivity index (χ1n) is 7.28. The molecule has 122 valence electrons. The molecule has 0 spiro atoms. The number of amides is 2. The minimum Gasteiger partial charge on any atom is -0.481 e. The number of aromatic nitrogens is 3. The average Bonchev–Trinajstić information content (AvgIpc) is 3.17. The molecule has 0 bridgehead atoms. The van der Waals surface area contributed by atoms with Gasteiger partial charge in [0.2, 0.25) is 0 Å². The maximum Gasteiger partial charge on any atom is 0.321 e. The molecule has 0 saturated carbocycles. The van der Waals surface area contributed by atoms with Crippen LogP contribution in [0.4, 0.5) is 10.5 Å². The third-order valence-electron chi connectivity index (χ3n) is 4.09. The Morgan fingerprint density at radius 2 is 2.35 bits per heavy atom. The molecule has 1 aliphatic rings. The highest BCUT2D eigenvalue weighted by molar-refractivity contribution is 7.13. The summed E-state index contributed by atoms with van der Waals surface area (Å²) in [6, 6.07) is -0.317. The van der Waals surface area contributed by atoms with Crippen molar-refractivity contribution in [1.29, 1.82) is 0 Å². The van der Waals surface area contributed by atoms with Crippen molar-refractivity contribution in [2.24, 2.45) is 11.8 Å². The number of nitrogens with zero attached hydrogens (tertiary/aromatic N) is 3. The third-order valence-corrected chi connectivity index (χ3v) is 4.88. The van der Waals surface area contributed by atoms with Gasteiger partial charge in [-0.15, -0.1) is 11.3 Å². The number of urea groups is 1. The molecule has 0 aliphatic carbocycles. The van der Waals surface area contributed by atoms with Gasteiger partial charge in [-0.3, -0.25) is 9.89 Å². The first-order valence-corrected chi connectivity index (χ1v) is 8.16. The Hall–Kier alpha value is -2.42. The van der Waals surface area contributed by atoms with Gasteiger partial charge in [0.25, 0.3) is 0 Å². The van der Waals surface area contributed by atoms with Crippen LogP contribution in [0.1, 0.15) is 13.3 Å². The van der Waals surface area contributed by atoms with Crippen LogP contribution in [0.15, 0.2) is 17.8 Å². The van der Waals surface area contributed by atoms with Gasteiger partial charge in [-0.05, 0) is 12.3 Å². The number of aliphatic carboxylic acids is 1. The summed E-state index contributed by atoms with van der Waals surface area (Å²) in [4.78, 5) is 29.4. The zero-order valence-corrected chi connectivity index (χ0v) is 13.3. The summed E-state index contributed by atoms with van der Waals surface area (Å²) in [7, 11) is 0. The molecule has 23 heavy (non-hydrogen) atoms. The number of aromatic amines is 1. The Kier molecular flexibility index (Phi) is 4.28. The molecule has 2 atom stereocenters. The van der Waals surface area contributed by atoms with E-state index in [4.69, 9.17) is 0 Å². The van der Waals surface area contributed by atoms with Crippen LogP contribution in [0.25, 0.3) is 10.7 Å². The second-order valence-corrected chi connectivity index (χ2v) is 6.48. The second kappa shape index (κ2) is 6.37. The molecule has 1 saturated heterocycles. The zero-order chi connectivity index (χ0) is 16.4. The van der Waals surface area contributed by atoms with Crippen LogP contribution in [0.2, 0.25) is 0 Å². The molecule has 2 aromatic heterocycles. The molecule has 2 amide bonds. The van der Waals surface area contributed by atoms with E-state index in [0.717, 1.165) is 5.01 Å². The van der Waals surface area contributed by atoms with Crippen molar-refractivity contribution in [3.63, 3.8) is 0 Å². The fourth-order valence-corrected chi connectivity index (χ4v) is 3.31. The number of carboxylic acids is 1. The topological polar surface area (TPSA) is 111 Å². The largest absolute Gasteiger partial charge is 0.481 e. The van der Waals surface area contributed by atoms with E-state index in [9.17, 15) is 14.7 Å². The molecule has 1 aliphatic heterocycles. The van der Waals surface area contributed by atoms with Crippen LogP contribution in [-0.2, 0) is 4.79 Å². The van der Waals surface area contributed by atoms with Crippen molar-refractivity contribution < 1.29 is 14.7 Å². The predicted molar refractivity (Wildman–Crippen MR) is 85.2 cm³/mol. The highest BCUT2D eigenvalue weighted by Gasteiger charge is 2.33. The summed E-state index contributed by atoms with van der Waals surface area (Å²) >= 11 is 1.44. The van der Waals surface area contributed by atoms with Gasteiger partial charge in [0, 0.05) is 24.7 Å². The predicted octanol–water partition coefficient (Wildman–Crippen LogP) is 2.11. The van der Waals surface area contributed by atoms with E-state index < -0.39 is 11.9 Å². The number of rotatable bonds is 3. The highest BCUT2D eigenvalue weighted by atomic mass is 32.1. The van der Waals surface area contributed by atoms with Crippen molar-refractivity contribution in [3.05, 3.63) is 17.8 Å². The first kappa shape index (κ1) is 15.5. The Balaban J connectivity index is 1.71. The molecule has 9 heteroatoms. The normalized spacial score (nSPS) is 21.2. The summed E-state index contributed by atoms with van der Waals surface area (Å²) in [5.41, 5.74) is 1.18. The molecule has 8 nitrogen and oxygen atoms in total. The molecule has 3 N–H and O–H groups in total. The molecule has 3 rings (SSSR count). The molecular formula is C14H17N5O3S. The molecule has 0 radical (unpaired) electrons. The first-order chi connectivity index (χ1) is 11.1. The van der Waals surface area contributed by atoms with Gasteiger partial charge in [-0.1, -0.05) is 6.92 Å². The van der Waals surface area contributed by atoms with Crippen molar-refractivity contribution >= 4 is 29.0 Å². The quantitative estimate of drug-likeness (QED) is 0.795. The summed E-state index contributed by atoms with van der Waals surface area (Å²) in [6.45, 7) is 2.67. The van der Waals surface area contributed by atoms with E-state index in [1.54, 1.807) is 6.20 Å². The number of hydrogen-bond donors (Lipinski definition) is 3. The van der Waals surface area contributed by atoms with E-state index in [-0.39, 0.29) is 18.5 Å². The van der Waals surface area contributed by atoms with Gasteiger partial charge in [0.05, 0.1) is 17.8 Å². The Labute approximate surface area is 136 Å². The highest BCUT2D eigenvalue weighted by Crippen LogP contribution is 2.28. The fraction of sp³-hybridized carbons (Fsp3) is 0.429. The van der Waals surface area contributed by atoms with Crippen LogP contribution < -0.4 is 5.32 Å². The van der Waals surface area contributed by atoms with Crippen molar-refractivity contribution in [3.8, 4) is 10.7 Å². The number of piperidine rings is 1. The van der Waals surface area contributed by atoms with Crippen molar-refractivity contribution in [2.75, 3.05) is 18.4 Å². The number of hydrogen-bond acceptors (Lipinski definition) is 5. The molecular weight excluding hydrogens is 318 g/mol. The Bertz CT molecular complexity index is 699. The summed E-state index contributed by atoms with van der Waals surface area (Å²) in [5, 5.41) is 21.4. The summed E-state index contributed by atoms with van der Waals surface area (Å²) in [6.07, 6.45) is 3.88. The maximum absolute atomic E-state index is 12.4. The van der Waals surface area contributed by atoms with Gasteiger partial charge in [-0.25, -0.2) is 9.78 Å². The van der Waals surface area contributed by atoms with E-state index in [1.807, 2.05) is 12.3 Å². The number of thiazole rings is 1. The van der Waals surface area contributed by atoms with Gasteiger partial charge in [-0.2, -0.15) is 5.10 Å². The Morgan fingerprint density at radius 1 is 1.52 bits per heavy atom. The van der Waals surface area contributed by atoms with E-state index in [1.165, 1.54) is 22.4 Å². The van der Waals surface area contributed by atoms with Crippen LogP contribution in [0.3, 0.4) is 0 Å². The SMILES string of the molecule is CC1CCN(C(=O)Nc2cn[nH]c2-c2nccs2)CC1C(=O)O. The summed E-state index contributed by atoms with van der Waals surface area (Å²) in [5.74, 6) is -1.32. The van der Waals surface area contributed by atoms with Gasteiger partial charge in [0.15, 0.2) is 0 Å². The van der Waals surface area contributed by atoms with E-state index >= 15 is 0 Å². The van der Waals surface area contributed by atoms with Crippen LogP contribution in [0.5, 0.6) is 0 Å². The number of likely N-dealkylation sites (tertiary alicyclic amines) is 1. The Morgan fingerprint density at radius 3 is 3.04 bits per heavy atom. The zero-order valence-electron chi connectivity index (χ0n) is 12.5. The van der Waals surface area contributed by atoms with Gasteiger partial charge in [0.1, 0.15) is 10.7 Å². The average molecular weight is 335 g/mol. The van der Waals surface area contributed by atoms with E-state index in [2.05, 4.69) is 20.5 Å². The van der Waals surface area contributed by atoms with Crippen LogP contribution in [-0.4, -0.2) is 50.3 Å². The third kappa shape index (κ3) is 3.19. The number of carbonyl (C=O) groups excluding carboxylic acids is 1. The molecule has 3 heterocycles. The second-order valence-electron chi connectivity index (χ2n) is 5.58. The molecule has 1 fully saturated rings. The van der Waals surface area contributed by atoms with Crippen LogP contribution in [0, 0.1) is 11.8 Å². The number of nitrogens with one attached hydrogen (secondary N) is 2. The monoisotopic (exact) mass is 335 g/mol. The number of H-pyrrole nitrogens is 1. The smallest absolute Gasteiger partial charge is 0.321 e.